The normalized spacial score (nSPS) is 15.5. The lowest BCUT2D eigenvalue weighted by Crippen LogP contribution is -2.41. The molecule has 0 spiro atoms. The van der Waals surface area contributed by atoms with Crippen molar-refractivity contribution >= 4 is 27.8 Å². The number of H-pyrrole nitrogens is 1. The van der Waals surface area contributed by atoms with Gasteiger partial charge in [-0.15, -0.1) is 0 Å². The molecule has 3 aromatic carbocycles. The van der Waals surface area contributed by atoms with E-state index in [1.165, 1.54) is 27.6 Å². The summed E-state index contributed by atoms with van der Waals surface area (Å²) in [7, 11) is 2.07. The Morgan fingerprint density at radius 2 is 1.70 bits per heavy atom. The lowest BCUT2D eigenvalue weighted by Gasteiger charge is -2.33. The zero-order valence-corrected chi connectivity index (χ0v) is 21.4. The first-order valence-electron chi connectivity index (χ1n) is 13.1. The molecule has 1 atom stereocenters. The molecular formula is C31H32N4O2. The molecule has 5 aromatic rings. The summed E-state index contributed by atoms with van der Waals surface area (Å²) >= 11 is 0. The van der Waals surface area contributed by atoms with Gasteiger partial charge in [0.15, 0.2) is 0 Å². The number of rotatable bonds is 5. The fraction of sp³-hybridized carbons (Fsp3) is 0.290. The van der Waals surface area contributed by atoms with E-state index in [9.17, 15) is 9.59 Å². The van der Waals surface area contributed by atoms with Crippen molar-refractivity contribution in [3.8, 4) is 0 Å². The van der Waals surface area contributed by atoms with Crippen LogP contribution in [-0.4, -0.2) is 38.0 Å². The second-order valence-electron chi connectivity index (χ2n) is 10.3. The Labute approximate surface area is 216 Å². The number of carbonyl (C=O) groups is 1. The third-order valence-corrected chi connectivity index (χ3v) is 7.93. The van der Waals surface area contributed by atoms with Gasteiger partial charge in [0, 0.05) is 55.6 Å². The molecule has 0 bridgehead atoms. The van der Waals surface area contributed by atoms with Gasteiger partial charge in [0.2, 0.25) is 5.91 Å². The Hall–Kier alpha value is -4.06. The van der Waals surface area contributed by atoms with Gasteiger partial charge in [-0.3, -0.25) is 9.36 Å². The zero-order chi connectivity index (χ0) is 25.5. The summed E-state index contributed by atoms with van der Waals surface area (Å²) in [6.07, 6.45) is 4.16. The van der Waals surface area contributed by atoms with Crippen molar-refractivity contribution in [1.29, 1.82) is 0 Å². The van der Waals surface area contributed by atoms with Crippen LogP contribution in [0.1, 0.15) is 47.9 Å². The summed E-state index contributed by atoms with van der Waals surface area (Å²) in [5.74, 6) is 0.150. The molecule has 1 aliphatic rings. The van der Waals surface area contributed by atoms with Crippen molar-refractivity contribution in [2.45, 2.75) is 38.1 Å². The Morgan fingerprint density at radius 3 is 2.49 bits per heavy atom. The van der Waals surface area contributed by atoms with E-state index in [0.717, 1.165) is 23.9 Å². The number of likely N-dealkylation sites (tertiary alicyclic amines) is 1. The van der Waals surface area contributed by atoms with Crippen LogP contribution in [0.25, 0.3) is 21.9 Å². The molecule has 0 saturated carbocycles. The lowest BCUT2D eigenvalue weighted by atomic mass is 9.87. The number of aromatic nitrogens is 3. The lowest BCUT2D eigenvalue weighted by molar-refractivity contribution is -0.132. The molecule has 1 fully saturated rings. The van der Waals surface area contributed by atoms with Crippen LogP contribution in [0.4, 0.5) is 0 Å². The maximum absolute atomic E-state index is 13.7. The maximum Gasteiger partial charge on any atom is 0.326 e. The molecule has 1 unspecified atom stereocenters. The van der Waals surface area contributed by atoms with Gasteiger partial charge in [-0.2, -0.15) is 0 Å². The molecule has 0 radical (unpaired) electrons. The number of hydrogen-bond acceptors (Lipinski definition) is 2. The molecule has 6 nitrogen and oxygen atoms in total. The standard InChI is InChI=1S/C31H32N4O2/c1-21-8-7-9-22(18-21)25(26-20-33(2)28-12-5-3-10-24(26)28)19-30(36)34-16-14-23(15-17-34)35-29-13-6-4-11-27(29)32-31(35)37/h3-13,18,20,23,25H,14-17,19H2,1-2H3,(H,32,37). The number of nitrogens with one attached hydrogen (secondary N) is 1. The Morgan fingerprint density at radius 1 is 0.973 bits per heavy atom. The number of piperidine rings is 1. The van der Waals surface area contributed by atoms with E-state index < -0.39 is 0 Å². The maximum atomic E-state index is 13.7. The minimum absolute atomic E-state index is 0.0209. The van der Waals surface area contributed by atoms with Gasteiger partial charge < -0.3 is 14.5 Å². The van der Waals surface area contributed by atoms with E-state index in [2.05, 4.69) is 78.3 Å². The monoisotopic (exact) mass is 492 g/mol. The predicted molar refractivity (Wildman–Crippen MR) is 148 cm³/mol. The van der Waals surface area contributed by atoms with Gasteiger partial charge in [0.25, 0.3) is 0 Å². The molecule has 6 rings (SSSR count). The second kappa shape index (κ2) is 9.43. The minimum Gasteiger partial charge on any atom is -0.350 e. The van der Waals surface area contributed by atoms with Crippen LogP contribution in [0.2, 0.25) is 0 Å². The van der Waals surface area contributed by atoms with Crippen LogP contribution in [-0.2, 0) is 11.8 Å². The van der Waals surface area contributed by atoms with E-state index in [-0.39, 0.29) is 23.6 Å². The Balaban J connectivity index is 1.25. The van der Waals surface area contributed by atoms with Crippen molar-refractivity contribution in [2.75, 3.05) is 13.1 Å². The van der Waals surface area contributed by atoms with Crippen LogP contribution >= 0.6 is 0 Å². The molecule has 2 aromatic heterocycles. The van der Waals surface area contributed by atoms with E-state index in [0.29, 0.717) is 19.5 Å². The molecular weight excluding hydrogens is 460 g/mol. The highest BCUT2D eigenvalue weighted by atomic mass is 16.2. The van der Waals surface area contributed by atoms with Gasteiger partial charge in [-0.05, 0) is 49.1 Å². The van der Waals surface area contributed by atoms with Gasteiger partial charge >= 0.3 is 5.69 Å². The molecule has 1 amide bonds. The van der Waals surface area contributed by atoms with Crippen LogP contribution in [0.5, 0.6) is 0 Å². The van der Waals surface area contributed by atoms with Gasteiger partial charge in [0.05, 0.1) is 11.0 Å². The summed E-state index contributed by atoms with van der Waals surface area (Å²) in [5.41, 5.74) is 6.46. The average Bonchev–Trinajstić information content (AvgIpc) is 3.43. The molecule has 37 heavy (non-hydrogen) atoms. The summed E-state index contributed by atoms with van der Waals surface area (Å²) < 4.78 is 4.03. The first-order chi connectivity index (χ1) is 18.0. The summed E-state index contributed by atoms with van der Waals surface area (Å²) in [5, 5.41) is 1.20. The zero-order valence-electron chi connectivity index (χ0n) is 21.4. The largest absolute Gasteiger partial charge is 0.350 e. The van der Waals surface area contributed by atoms with Gasteiger partial charge in [-0.1, -0.05) is 60.2 Å². The summed E-state index contributed by atoms with van der Waals surface area (Å²) in [6, 6.07) is 24.9. The van der Waals surface area contributed by atoms with E-state index in [4.69, 9.17) is 0 Å². The summed E-state index contributed by atoms with van der Waals surface area (Å²) in [6.45, 7) is 3.42. The SMILES string of the molecule is Cc1cccc(C(CC(=O)N2CCC(n3c(=O)[nH]c4ccccc43)CC2)c2cn(C)c3ccccc23)c1. The number of imidazole rings is 1. The number of nitrogens with zero attached hydrogens (tertiary/aromatic N) is 3. The van der Waals surface area contributed by atoms with Crippen LogP contribution in [0, 0.1) is 6.92 Å². The second-order valence-corrected chi connectivity index (χ2v) is 10.3. The number of benzene rings is 3. The molecule has 0 aliphatic carbocycles. The molecule has 1 saturated heterocycles. The third-order valence-electron chi connectivity index (χ3n) is 7.93. The summed E-state index contributed by atoms with van der Waals surface area (Å²) in [4.78, 5) is 31.3. The quantitative estimate of drug-likeness (QED) is 0.351. The van der Waals surface area contributed by atoms with Crippen LogP contribution < -0.4 is 5.69 Å². The van der Waals surface area contributed by atoms with Crippen LogP contribution in [0.3, 0.4) is 0 Å². The molecule has 1 aliphatic heterocycles. The number of aryl methyl sites for hydroxylation is 2. The molecule has 1 N–H and O–H groups in total. The highest BCUT2D eigenvalue weighted by Crippen LogP contribution is 2.36. The molecule has 6 heteroatoms. The Kier molecular flexibility index (Phi) is 5.95. The highest BCUT2D eigenvalue weighted by molar-refractivity contribution is 5.86. The number of amides is 1. The van der Waals surface area contributed by atoms with E-state index in [1.54, 1.807) is 0 Å². The number of para-hydroxylation sites is 3. The average molecular weight is 493 g/mol. The Bertz CT molecular complexity index is 1650. The van der Waals surface area contributed by atoms with Crippen LogP contribution in [0.15, 0.2) is 83.8 Å². The van der Waals surface area contributed by atoms with Crippen molar-refractivity contribution < 1.29 is 4.79 Å². The first kappa shape index (κ1) is 23.3. The molecule has 188 valence electrons. The molecule has 3 heterocycles. The van der Waals surface area contributed by atoms with Crippen molar-refractivity contribution in [1.82, 2.24) is 19.0 Å². The predicted octanol–water partition coefficient (Wildman–Crippen LogP) is 5.52. The number of fused-ring (bicyclic) bond motifs is 2. The van der Waals surface area contributed by atoms with Gasteiger partial charge in [-0.25, -0.2) is 4.79 Å². The first-order valence-corrected chi connectivity index (χ1v) is 13.1. The topological polar surface area (TPSA) is 63.0 Å². The number of aromatic amines is 1. The minimum atomic E-state index is -0.0681. The third kappa shape index (κ3) is 4.26. The van der Waals surface area contributed by atoms with Gasteiger partial charge in [0.1, 0.15) is 0 Å². The number of carbonyl (C=O) groups excluding carboxylic acids is 1. The van der Waals surface area contributed by atoms with E-state index in [1.807, 2.05) is 33.7 Å². The van der Waals surface area contributed by atoms with Crippen molar-refractivity contribution in [3.05, 3.63) is 106 Å². The smallest absolute Gasteiger partial charge is 0.326 e. The fourth-order valence-corrected chi connectivity index (χ4v) is 6.06. The van der Waals surface area contributed by atoms with E-state index >= 15 is 0 Å². The van der Waals surface area contributed by atoms with Crippen molar-refractivity contribution in [3.63, 3.8) is 0 Å². The fourth-order valence-electron chi connectivity index (χ4n) is 6.06. The number of hydrogen-bond donors (Lipinski definition) is 1. The van der Waals surface area contributed by atoms with Crippen molar-refractivity contribution in [2.24, 2.45) is 7.05 Å². The highest BCUT2D eigenvalue weighted by Gasteiger charge is 2.29.